The average Bonchev–Trinajstić information content (AvgIpc) is 2.58. The normalized spacial score (nSPS) is 34.1. The van der Waals surface area contributed by atoms with E-state index >= 15 is 0 Å². The molecule has 0 aromatic carbocycles. The van der Waals surface area contributed by atoms with Crippen molar-refractivity contribution in [3.8, 4) is 0 Å². The van der Waals surface area contributed by atoms with Crippen LogP contribution in [0.1, 0.15) is 68.1 Å². The smallest absolute Gasteiger partial charge is 0.263 e. The molecule has 0 aliphatic heterocycles. The fraction of sp³-hybridized carbons (Fsp3) is 0.737. The van der Waals surface area contributed by atoms with Crippen LogP contribution in [0.4, 0.5) is 0 Å². The molecule has 0 radical (unpaired) electrons. The van der Waals surface area contributed by atoms with Crippen molar-refractivity contribution in [2.75, 3.05) is 6.61 Å². The fourth-order valence-electron chi connectivity index (χ4n) is 5.77. The molecule has 136 valence electrons. The number of aromatic nitrogens is 2. The van der Waals surface area contributed by atoms with Crippen molar-refractivity contribution in [3.05, 3.63) is 27.9 Å². The number of carbonyl (C=O) groups is 1. The van der Waals surface area contributed by atoms with Gasteiger partial charge in [-0.05, 0) is 62.7 Å². The quantitative estimate of drug-likeness (QED) is 0.757. The number of carbonyl (C=O) groups excluding carboxylic acids is 1. The van der Waals surface area contributed by atoms with E-state index < -0.39 is 5.91 Å². The number of hydrogen-bond donors (Lipinski definition) is 3. The molecule has 1 unspecified atom stereocenters. The molecule has 4 aliphatic carbocycles. The molecule has 4 aliphatic rings. The maximum absolute atomic E-state index is 12.5. The Kier molecular flexibility index (Phi) is 4.18. The Balaban J connectivity index is 1.58. The summed E-state index contributed by atoms with van der Waals surface area (Å²) in [7, 11) is 0. The van der Waals surface area contributed by atoms with E-state index in [0.717, 1.165) is 42.8 Å². The Bertz CT molecular complexity index is 688. The van der Waals surface area contributed by atoms with E-state index in [-0.39, 0.29) is 29.2 Å². The van der Waals surface area contributed by atoms with Crippen LogP contribution in [0.25, 0.3) is 0 Å². The highest BCUT2D eigenvalue weighted by atomic mass is 16.3. The molecule has 6 heteroatoms. The number of rotatable bonds is 5. The first-order valence-corrected chi connectivity index (χ1v) is 9.54. The molecule has 1 aromatic rings. The second-order valence-electron chi connectivity index (χ2n) is 8.43. The highest BCUT2D eigenvalue weighted by molar-refractivity contribution is 5.93. The number of aliphatic hydroxyl groups excluding tert-OH is 1. The van der Waals surface area contributed by atoms with Crippen LogP contribution < -0.4 is 10.9 Å². The topological polar surface area (TPSA) is 95.1 Å². The van der Waals surface area contributed by atoms with Gasteiger partial charge in [-0.1, -0.05) is 6.92 Å². The number of H-pyrrole nitrogens is 1. The lowest BCUT2D eigenvalue weighted by Crippen LogP contribution is -2.50. The highest BCUT2D eigenvalue weighted by Crippen LogP contribution is 2.59. The maximum Gasteiger partial charge on any atom is 0.263 e. The molecule has 1 heterocycles. The first-order chi connectivity index (χ1) is 12.0. The molecular formula is C19H27N3O3. The van der Waals surface area contributed by atoms with Gasteiger partial charge in [0.15, 0.2) is 0 Å². The van der Waals surface area contributed by atoms with Gasteiger partial charge in [0, 0.05) is 11.6 Å². The summed E-state index contributed by atoms with van der Waals surface area (Å²) < 4.78 is 0. The third-order valence-electron chi connectivity index (χ3n) is 6.63. The molecule has 6 nitrogen and oxygen atoms in total. The van der Waals surface area contributed by atoms with Gasteiger partial charge in [0.25, 0.3) is 11.5 Å². The Morgan fingerprint density at radius 1 is 1.32 bits per heavy atom. The summed E-state index contributed by atoms with van der Waals surface area (Å²) in [5, 5.41) is 11.9. The van der Waals surface area contributed by atoms with Crippen LogP contribution in [0.15, 0.2) is 11.0 Å². The van der Waals surface area contributed by atoms with Gasteiger partial charge in [0.2, 0.25) is 0 Å². The predicted octanol–water partition coefficient (Wildman–Crippen LogP) is 1.74. The Hall–Kier alpha value is -1.69. The first-order valence-electron chi connectivity index (χ1n) is 9.54. The minimum absolute atomic E-state index is 0.0139. The van der Waals surface area contributed by atoms with Crippen LogP contribution in [-0.4, -0.2) is 33.6 Å². The summed E-state index contributed by atoms with van der Waals surface area (Å²) >= 11 is 0. The Labute approximate surface area is 147 Å². The van der Waals surface area contributed by atoms with Gasteiger partial charge < -0.3 is 15.4 Å². The molecule has 0 saturated heterocycles. The van der Waals surface area contributed by atoms with Crippen molar-refractivity contribution in [2.24, 2.45) is 17.8 Å². The van der Waals surface area contributed by atoms with E-state index in [0.29, 0.717) is 6.42 Å². The fourth-order valence-corrected chi connectivity index (χ4v) is 5.77. The van der Waals surface area contributed by atoms with Gasteiger partial charge in [-0.3, -0.25) is 9.59 Å². The zero-order valence-corrected chi connectivity index (χ0v) is 14.8. The third-order valence-corrected chi connectivity index (χ3v) is 6.63. The first kappa shape index (κ1) is 16.8. The van der Waals surface area contributed by atoms with Crippen molar-refractivity contribution < 1.29 is 9.90 Å². The van der Waals surface area contributed by atoms with Crippen molar-refractivity contribution in [3.63, 3.8) is 0 Å². The molecule has 3 N–H and O–H groups in total. The Morgan fingerprint density at radius 2 is 1.92 bits per heavy atom. The monoisotopic (exact) mass is 345 g/mol. The molecular weight excluding hydrogens is 318 g/mol. The van der Waals surface area contributed by atoms with Crippen LogP contribution in [0, 0.1) is 17.8 Å². The largest absolute Gasteiger partial charge is 0.394 e. The lowest BCUT2D eigenvalue weighted by atomic mass is 9.49. The van der Waals surface area contributed by atoms with E-state index in [1.807, 2.05) is 6.92 Å². The Morgan fingerprint density at radius 3 is 2.40 bits per heavy atom. The van der Waals surface area contributed by atoms with Gasteiger partial charge in [-0.25, -0.2) is 4.98 Å². The molecule has 4 fully saturated rings. The lowest BCUT2D eigenvalue weighted by Gasteiger charge is -2.56. The van der Waals surface area contributed by atoms with E-state index in [4.69, 9.17) is 0 Å². The van der Waals surface area contributed by atoms with Crippen molar-refractivity contribution in [1.29, 1.82) is 0 Å². The maximum atomic E-state index is 12.5. The predicted molar refractivity (Wildman–Crippen MR) is 93.3 cm³/mol. The lowest BCUT2D eigenvalue weighted by molar-refractivity contribution is -0.00954. The van der Waals surface area contributed by atoms with Crippen LogP contribution in [0.3, 0.4) is 0 Å². The molecule has 1 atom stereocenters. The van der Waals surface area contributed by atoms with Crippen molar-refractivity contribution in [1.82, 2.24) is 15.3 Å². The van der Waals surface area contributed by atoms with Crippen LogP contribution in [0.2, 0.25) is 0 Å². The zero-order valence-electron chi connectivity index (χ0n) is 14.8. The minimum Gasteiger partial charge on any atom is -0.394 e. The average molecular weight is 345 g/mol. The summed E-state index contributed by atoms with van der Waals surface area (Å²) in [5.74, 6) is 2.63. The number of nitrogens with zero attached hydrogens (tertiary/aromatic N) is 1. The summed E-state index contributed by atoms with van der Waals surface area (Å²) in [5.41, 5.74) is -0.327. The number of aromatic amines is 1. The molecule has 1 aromatic heterocycles. The highest BCUT2D eigenvalue weighted by Gasteiger charge is 2.52. The molecule has 0 spiro atoms. The van der Waals surface area contributed by atoms with E-state index in [1.165, 1.54) is 25.5 Å². The second-order valence-corrected chi connectivity index (χ2v) is 8.43. The molecule has 4 saturated carbocycles. The van der Waals surface area contributed by atoms with Gasteiger partial charge in [-0.2, -0.15) is 0 Å². The SMILES string of the molecule is CCC(CO)NC(=O)c1cnc(C23CC4CC(CC(C4)C2)C3)[nH]c1=O. The van der Waals surface area contributed by atoms with Gasteiger partial charge in [-0.15, -0.1) is 0 Å². The van der Waals surface area contributed by atoms with Gasteiger partial charge in [0.05, 0.1) is 12.6 Å². The minimum atomic E-state index is -0.466. The van der Waals surface area contributed by atoms with Crippen LogP contribution in [0.5, 0.6) is 0 Å². The molecule has 5 rings (SSSR count). The third kappa shape index (κ3) is 2.90. The van der Waals surface area contributed by atoms with E-state index in [2.05, 4.69) is 15.3 Å². The summed E-state index contributed by atoms with van der Waals surface area (Å²) in [6, 6.07) is -0.338. The van der Waals surface area contributed by atoms with E-state index in [9.17, 15) is 14.7 Å². The summed E-state index contributed by atoms with van der Waals surface area (Å²) in [6.07, 6.45) is 9.41. The van der Waals surface area contributed by atoms with Gasteiger partial charge in [0.1, 0.15) is 11.4 Å². The van der Waals surface area contributed by atoms with Crippen molar-refractivity contribution in [2.45, 2.75) is 63.3 Å². The van der Waals surface area contributed by atoms with Crippen LogP contribution in [-0.2, 0) is 5.41 Å². The molecule has 1 amide bonds. The van der Waals surface area contributed by atoms with Crippen molar-refractivity contribution >= 4 is 5.91 Å². The number of hydrogen-bond acceptors (Lipinski definition) is 4. The summed E-state index contributed by atoms with van der Waals surface area (Å²) in [6.45, 7) is 1.73. The second kappa shape index (κ2) is 6.24. The molecule has 4 bridgehead atoms. The van der Waals surface area contributed by atoms with Crippen LogP contribution >= 0.6 is 0 Å². The van der Waals surface area contributed by atoms with E-state index in [1.54, 1.807) is 0 Å². The number of aliphatic hydroxyl groups is 1. The molecule has 25 heavy (non-hydrogen) atoms. The summed E-state index contributed by atoms with van der Waals surface area (Å²) in [4.78, 5) is 32.2. The number of amides is 1. The number of nitrogens with one attached hydrogen (secondary N) is 2. The zero-order chi connectivity index (χ0) is 17.6. The standard InChI is InChI=1S/C19H27N3O3/c1-2-14(10-23)21-16(24)15-9-20-18(22-17(15)25)19-6-11-3-12(7-19)5-13(4-11)8-19/h9,11-14,23H,2-8,10H2,1H3,(H,21,24)(H,20,22,25). The van der Waals surface area contributed by atoms with Gasteiger partial charge >= 0.3 is 0 Å².